The van der Waals surface area contributed by atoms with Crippen LogP contribution in [0.4, 0.5) is 11.8 Å². The third-order valence-electron chi connectivity index (χ3n) is 3.92. The van der Waals surface area contributed by atoms with E-state index in [9.17, 15) is 0 Å². The number of nitrogens with two attached hydrogens (primary N) is 2. The van der Waals surface area contributed by atoms with E-state index < -0.39 is 0 Å². The van der Waals surface area contributed by atoms with E-state index in [2.05, 4.69) is 38.8 Å². The number of hydrogen-bond acceptors (Lipinski definition) is 7. The van der Waals surface area contributed by atoms with Gasteiger partial charge in [-0.05, 0) is 54.6 Å². The third-order valence-corrected chi connectivity index (χ3v) is 4.46. The predicted octanol–water partition coefficient (Wildman–Crippen LogP) is 2.06. The summed E-state index contributed by atoms with van der Waals surface area (Å²) in [5.41, 5.74) is 9.25. The Morgan fingerprint density at radius 2 is 2.04 bits per heavy atom. The number of nitrogens with zero attached hydrogens (tertiary/aromatic N) is 2. The molecule has 2 heterocycles. The molecule has 0 atom stereocenters. The first-order valence-corrected chi connectivity index (χ1v) is 8.87. The Bertz CT molecular complexity index is 714. The van der Waals surface area contributed by atoms with Crippen molar-refractivity contribution in [2.75, 3.05) is 30.7 Å². The van der Waals surface area contributed by atoms with Crippen molar-refractivity contribution < 1.29 is 0 Å². The summed E-state index contributed by atoms with van der Waals surface area (Å²) in [6, 6.07) is 10.2. The SMILES string of the molecule is NSc1ccc(CCNc2cc(C3=CCNCC3)nc(N)n2)cc1. The second-order valence-corrected chi connectivity index (χ2v) is 6.33. The maximum absolute atomic E-state index is 5.86. The van der Waals surface area contributed by atoms with E-state index in [-0.39, 0.29) is 0 Å². The molecule has 6 N–H and O–H groups in total. The number of nitrogens with one attached hydrogen (secondary N) is 2. The van der Waals surface area contributed by atoms with E-state index >= 15 is 0 Å². The zero-order valence-electron chi connectivity index (χ0n) is 13.5. The van der Waals surface area contributed by atoms with E-state index in [0.717, 1.165) is 48.9 Å². The van der Waals surface area contributed by atoms with Gasteiger partial charge in [-0.2, -0.15) is 4.98 Å². The van der Waals surface area contributed by atoms with Crippen LogP contribution in [-0.2, 0) is 6.42 Å². The number of nitrogen functional groups attached to an aromatic ring is 1. The fourth-order valence-electron chi connectivity index (χ4n) is 2.65. The van der Waals surface area contributed by atoms with Crippen molar-refractivity contribution in [3.8, 4) is 0 Å². The van der Waals surface area contributed by atoms with Gasteiger partial charge < -0.3 is 16.4 Å². The molecule has 7 heteroatoms. The van der Waals surface area contributed by atoms with Gasteiger partial charge in [0.05, 0.1) is 5.69 Å². The number of benzene rings is 1. The fraction of sp³-hybridized carbons (Fsp3) is 0.294. The number of rotatable bonds is 6. The Balaban J connectivity index is 1.62. The lowest BCUT2D eigenvalue weighted by Gasteiger charge is -2.15. The molecule has 0 radical (unpaired) electrons. The number of aromatic nitrogens is 2. The molecule has 24 heavy (non-hydrogen) atoms. The van der Waals surface area contributed by atoms with Crippen LogP contribution in [-0.4, -0.2) is 29.6 Å². The van der Waals surface area contributed by atoms with Crippen molar-refractivity contribution in [3.05, 3.63) is 47.7 Å². The van der Waals surface area contributed by atoms with Crippen LogP contribution in [0.3, 0.4) is 0 Å². The van der Waals surface area contributed by atoms with E-state index in [4.69, 9.17) is 10.9 Å². The highest BCUT2D eigenvalue weighted by Crippen LogP contribution is 2.21. The maximum atomic E-state index is 5.86. The van der Waals surface area contributed by atoms with Gasteiger partial charge in [-0.25, -0.2) is 4.98 Å². The predicted molar refractivity (Wildman–Crippen MR) is 101 cm³/mol. The fourth-order valence-corrected chi connectivity index (χ4v) is 2.94. The van der Waals surface area contributed by atoms with Gasteiger partial charge in [0, 0.05) is 24.1 Å². The molecular weight excluding hydrogens is 320 g/mol. The smallest absolute Gasteiger partial charge is 0.222 e. The summed E-state index contributed by atoms with van der Waals surface area (Å²) in [4.78, 5) is 9.70. The molecule has 1 aromatic carbocycles. The Labute approximate surface area is 146 Å². The first-order chi connectivity index (χ1) is 11.7. The highest BCUT2D eigenvalue weighted by molar-refractivity contribution is 7.97. The molecule has 0 saturated heterocycles. The summed E-state index contributed by atoms with van der Waals surface area (Å²) in [6.07, 6.45) is 4.02. The molecule has 0 bridgehead atoms. The maximum Gasteiger partial charge on any atom is 0.222 e. The van der Waals surface area contributed by atoms with Crippen molar-refractivity contribution in [1.29, 1.82) is 0 Å². The Hall–Kier alpha value is -2.09. The normalized spacial score (nSPS) is 14.3. The van der Waals surface area contributed by atoms with E-state index in [0.29, 0.717) is 5.95 Å². The Morgan fingerprint density at radius 1 is 1.21 bits per heavy atom. The lowest BCUT2D eigenvalue weighted by molar-refractivity contribution is 0.736. The average Bonchev–Trinajstić information content (AvgIpc) is 2.63. The van der Waals surface area contributed by atoms with Crippen molar-refractivity contribution in [2.24, 2.45) is 5.14 Å². The minimum atomic E-state index is 0.304. The summed E-state index contributed by atoms with van der Waals surface area (Å²) in [7, 11) is 0. The van der Waals surface area contributed by atoms with Crippen LogP contribution in [0.25, 0.3) is 5.57 Å². The van der Waals surface area contributed by atoms with Gasteiger partial charge >= 0.3 is 0 Å². The Morgan fingerprint density at radius 3 is 2.75 bits per heavy atom. The van der Waals surface area contributed by atoms with E-state index in [1.807, 2.05) is 18.2 Å². The highest BCUT2D eigenvalue weighted by atomic mass is 32.2. The molecule has 0 spiro atoms. The standard InChI is InChI=1S/C17H22N6S/c18-17-22-15(13-6-8-20-9-7-13)11-16(23-17)21-10-5-12-1-3-14(24-19)4-2-12/h1-4,6,11,20H,5,7-10,19H2,(H3,18,21,22,23). The molecule has 126 valence electrons. The lowest BCUT2D eigenvalue weighted by atomic mass is 10.1. The third kappa shape index (κ3) is 4.47. The van der Waals surface area contributed by atoms with E-state index in [1.54, 1.807) is 0 Å². The zero-order chi connectivity index (χ0) is 16.8. The van der Waals surface area contributed by atoms with Crippen molar-refractivity contribution in [2.45, 2.75) is 17.7 Å². The van der Waals surface area contributed by atoms with Crippen LogP contribution in [0.2, 0.25) is 0 Å². The minimum absolute atomic E-state index is 0.304. The number of anilines is 2. The van der Waals surface area contributed by atoms with Crippen molar-refractivity contribution in [3.63, 3.8) is 0 Å². The van der Waals surface area contributed by atoms with Gasteiger partial charge in [-0.15, -0.1) is 0 Å². The topological polar surface area (TPSA) is 102 Å². The van der Waals surface area contributed by atoms with Crippen molar-refractivity contribution in [1.82, 2.24) is 15.3 Å². The van der Waals surface area contributed by atoms with Gasteiger partial charge in [0.25, 0.3) is 0 Å². The summed E-state index contributed by atoms with van der Waals surface area (Å²) >= 11 is 1.26. The van der Waals surface area contributed by atoms with E-state index in [1.165, 1.54) is 23.1 Å². The Kier molecular flexibility index (Phi) is 5.68. The summed E-state index contributed by atoms with van der Waals surface area (Å²) < 4.78 is 0. The highest BCUT2D eigenvalue weighted by Gasteiger charge is 2.10. The van der Waals surface area contributed by atoms with Gasteiger partial charge in [-0.3, -0.25) is 5.14 Å². The molecule has 3 rings (SSSR count). The minimum Gasteiger partial charge on any atom is -0.370 e. The summed E-state index contributed by atoms with van der Waals surface area (Å²) in [6.45, 7) is 2.63. The quantitative estimate of drug-likeness (QED) is 0.596. The number of hydrogen-bond donors (Lipinski definition) is 4. The molecule has 0 unspecified atom stereocenters. The molecule has 6 nitrogen and oxygen atoms in total. The lowest BCUT2D eigenvalue weighted by Crippen LogP contribution is -2.20. The molecule has 2 aromatic rings. The first kappa shape index (κ1) is 16.8. The van der Waals surface area contributed by atoms with Gasteiger partial charge in [-0.1, -0.05) is 18.2 Å². The molecular formula is C17H22N6S. The van der Waals surface area contributed by atoms with Crippen LogP contribution in [0.5, 0.6) is 0 Å². The second kappa shape index (κ2) is 8.14. The molecule has 1 aliphatic rings. The molecule has 0 saturated carbocycles. The van der Waals surface area contributed by atoms with Gasteiger partial charge in [0.1, 0.15) is 5.82 Å². The largest absolute Gasteiger partial charge is 0.370 e. The molecule has 1 aliphatic heterocycles. The molecule has 1 aromatic heterocycles. The van der Waals surface area contributed by atoms with Crippen LogP contribution < -0.4 is 21.5 Å². The summed E-state index contributed by atoms with van der Waals surface area (Å²) in [5.74, 6) is 1.07. The molecule has 0 fully saturated rings. The molecule has 0 amide bonds. The monoisotopic (exact) mass is 342 g/mol. The zero-order valence-corrected chi connectivity index (χ0v) is 14.3. The van der Waals surface area contributed by atoms with Crippen LogP contribution in [0.1, 0.15) is 17.7 Å². The first-order valence-electron chi connectivity index (χ1n) is 7.99. The average molecular weight is 342 g/mol. The molecule has 0 aliphatic carbocycles. The van der Waals surface area contributed by atoms with Crippen LogP contribution in [0.15, 0.2) is 41.3 Å². The van der Waals surface area contributed by atoms with Crippen molar-refractivity contribution >= 4 is 29.3 Å². The van der Waals surface area contributed by atoms with Crippen LogP contribution >= 0.6 is 11.9 Å². The van der Waals surface area contributed by atoms with Crippen LogP contribution in [0, 0.1) is 0 Å². The van der Waals surface area contributed by atoms with Gasteiger partial charge in [0.15, 0.2) is 0 Å². The van der Waals surface area contributed by atoms with Gasteiger partial charge in [0.2, 0.25) is 5.95 Å². The second-order valence-electron chi connectivity index (χ2n) is 5.62. The summed E-state index contributed by atoms with van der Waals surface area (Å²) in [5, 5.41) is 12.2.